The lowest BCUT2D eigenvalue weighted by molar-refractivity contribution is -0.134. The molecule has 2 rings (SSSR count). The Morgan fingerprint density at radius 2 is 2.18 bits per heavy atom. The third-order valence-electron chi connectivity index (χ3n) is 2.97. The Kier molecular flexibility index (Phi) is 3.94. The number of carbonyl (C=O) groups excluding carboxylic acids is 1. The number of ether oxygens (including phenoxy) is 1. The molecular formula is C14H17NO2. The van der Waals surface area contributed by atoms with Crippen LogP contribution in [0, 0.1) is 0 Å². The lowest BCUT2D eigenvalue weighted by atomic mass is 10.2. The maximum absolute atomic E-state index is 11.9. The second-order valence-corrected chi connectivity index (χ2v) is 4.11. The Labute approximate surface area is 102 Å². The zero-order chi connectivity index (χ0) is 12.1. The van der Waals surface area contributed by atoms with Crippen molar-refractivity contribution in [2.75, 3.05) is 13.7 Å². The van der Waals surface area contributed by atoms with Gasteiger partial charge in [0.15, 0.2) is 0 Å². The van der Waals surface area contributed by atoms with Crippen molar-refractivity contribution < 1.29 is 9.53 Å². The van der Waals surface area contributed by atoms with E-state index in [0.717, 1.165) is 24.9 Å². The van der Waals surface area contributed by atoms with E-state index in [0.29, 0.717) is 0 Å². The van der Waals surface area contributed by atoms with Gasteiger partial charge in [0.1, 0.15) is 6.23 Å². The molecule has 1 amide bonds. The summed E-state index contributed by atoms with van der Waals surface area (Å²) in [7, 11) is 1.65. The summed E-state index contributed by atoms with van der Waals surface area (Å²) in [4.78, 5) is 13.7. The Morgan fingerprint density at radius 3 is 2.88 bits per heavy atom. The molecule has 1 aromatic rings. The quantitative estimate of drug-likeness (QED) is 0.747. The van der Waals surface area contributed by atoms with Gasteiger partial charge >= 0.3 is 0 Å². The van der Waals surface area contributed by atoms with E-state index in [-0.39, 0.29) is 12.1 Å². The van der Waals surface area contributed by atoms with Crippen LogP contribution in [-0.2, 0) is 9.53 Å². The van der Waals surface area contributed by atoms with Gasteiger partial charge < -0.3 is 9.64 Å². The van der Waals surface area contributed by atoms with Crippen LogP contribution in [0.3, 0.4) is 0 Å². The van der Waals surface area contributed by atoms with Crippen molar-refractivity contribution in [2.24, 2.45) is 0 Å². The van der Waals surface area contributed by atoms with E-state index in [9.17, 15) is 4.79 Å². The first-order valence-electron chi connectivity index (χ1n) is 5.88. The van der Waals surface area contributed by atoms with Crippen molar-refractivity contribution in [1.82, 2.24) is 4.90 Å². The van der Waals surface area contributed by atoms with Crippen LogP contribution >= 0.6 is 0 Å². The van der Waals surface area contributed by atoms with Crippen LogP contribution in [0.15, 0.2) is 36.4 Å². The Bertz CT molecular complexity index is 400. The number of hydrogen-bond acceptors (Lipinski definition) is 2. The van der Waals surface area contributed by atoms with E-state index in [1.807, 2.05) is 36.4 Å². The summed E-state index contributed by atoms with van der Waals surface area (Å²) in [6.45, 7) is 0.788. The minimum atomic E-state index is -0.0528. The molecule has 1 atom stereocenters. The van der Waals surface area contributed by atoms with Crippen molar-refractivity contribution >= 4 is 12.0 Å². The fourth-order valence-corrected chi connectivity index (χ4v) is 2.06. The van der Waals surface area contributed by atoms with Gasteiger partial charge in [-0.15, -0.1) is 0 Å². The Balaban J connectivity index is 1.99. The molecule has 1 aromatic carbocycles. The molecule has 0 bridgehead atoms. The topological polar surface area (TPSA) is 29.5 Å². The van der Waals surface area contributed by atoms with Gasteiger partial charge in [-0.1, -0.05) is 30.3 Å². The minimum absolute atomic E-state index is 0.0261. The average Bonchev–Trinajstić information content (AvgIpc) is 2.85. The molecule has 1 aliphatic rings. The molecule has 1 unspecified atom stereocenters. The highest BCUT2D eigenvalue weighted by molar-refractivity contribution is 5.92. The molecule has 0 N–H and O–H groups in total. The molecule has 0 aliphatic carbocycles. The number of likely N-dealkylation sites (tertiary alicyclic amines) is 1. The fraction of sp³-hybridized carbons (Fsp3) is 0.357. The van der Waals surface area contributed by atoms with Crippen LogP contribution in [-0.4, -0.2) is 30.7 Å². The smallest absolute Gasteiger partial charge is 0.248 e. The fourth-order valence-electron chi connectivity index (χ4n) is 2.06. The second-order valence-electron chi connectivity index (χ2n) is 4.11. The van der Waals surface area contributed by atoms with E-state index in [2.05, 4.69) is 0 Å². The van der Waals surface area contributed by atoms with Gasteiger partial charge in [0, 0.05) is 19.7 Å². The Hall–Kier alpha value is -1.61. The SMILES string of the molecule is COC1CCCN1C(=O)/C=C/c1ccccc1. The molecule has 1 saturated heterocycles. The zero-order valence-corrected chi connectivity index (χ0v) is 10.0. The van der Waals surface area contributed by atoms with Crippen molar-refractivity contribution in [3.05, 3.63) is 42.0 Å². The number of rotatable bonds is 3. The van der Waals surface area contributed by atoms with Crippen LogP contribution in [0.4, 0.5) is 0 Å². The number of benzene rings is 1. The lowest BCUT2D eigenvalue weighted by Crippen LogP contribution is -2.35. The summed E-state index contributed by atoms with van der Waals surface area (Å²) in [6.07, 6.45) is 5.35. The summed E-state index contributed by atoms with van der Waals surface area (Å²) in [5, 5.41) is 0. The van der Waals surface area contributed by atoms with E-state index in [4.69, 9.17) is 4.74 Å². The molecule has 3 heteroatoms. The van der Waals surface area contributed by atoms with Crippen LogP contribution in [0.5, 0.6) is 0 Å². The summed E-state index contributed by atoms with van der Waals surface area (Å²) in [5.74, 6) is 0.0261. The summed E-state index contributed by atoms with van der Waals surface area (Å²) >= 11 is 0. The van der Waals surface area contributed by atoms with Gasteiger partial charge in [0.2, 0.25) is 5.91 Å². The van der Waals surface area contributed by atoms with Crippen molar-refractivity contribution in [3.63, 3.8) is 0 Å². The third kappa shape index (κ3) is 2.94. The highest BCUT2D eigenvalue weighted by atomic mass is 16.5. The number of methoxy groups -OCH3 is 1. The van der Waals surface area contributed by atoms with E-state index >= 15 is 0 Å². The van der Waals surface area contributed by atoms with Crippen molar-refractivity contribution in [1.29, 1.82) is 0 Å². The highest BCUT2D eigenvalue weighted by Gasteiger charge is 2.26. The zero-order valence-electron chi connectivity index (χ0n) is 10.0. The first-order valence-corrected chi connectivity index (χ1v) is 5.88. The largest absolute Gasteiger partial charge is 0.362 e. The monoisotopic (exact) mass is 231 g/mol. The van der Waals surface area contributed by atoms with E-state index in [1.54, 1.807) is 18.1 Å². The molecule has 0 spiro atoms. The molecule has 1 heterocycles. The molecule has 1 aliphatic heterocycles. The first kappa shape index (κ1) is 11.9. The molecule has 1 fully saturated rings. The first-order chi connectivity index (χ1) is 8.31. The summed E-state index contributed by atoms with van der Waals surface area (Å²) < 4.78 is 5.27. The minimum Gasteiger partial charge on any atom is -0.362 e. The molecule has 17 heavy (non-hydrogen) atoms. The van der Waals surface area contributed by atoms with Gasteiger partial charge in [0.25, 0.3) is 0 Å². The van der Waals surface area contributed by atoms with Gasteiger partial charge in [-0.05, 0) is 24.5 Å². The number of carbonyl (C=O) groups is 1. The third-order valence-corrected chi connectivity index (χ3v) is 2.97. The van der Waals surface area contributed by atoms with Crippen molar-refractivity contribution in [3.8, 4) is 0 Å². The maximum atomic E-state index is 11.9. The molecule has 0 saturated carbocycles. The molecule has 90 valence electrons. The molecular weight excluding hydrogens is 214 g/mol. The average molecular weight is 231 g/mol. The van der Waals surface area contributed by atoms with Gasteiger partial charge in [-0.3, -0.25) is 4.79 Å². The predicted octanol–water partition coefficient (Wildman–Crippen LogP) is 2.29. The predicted molar refractivity (Wildman–Crippen MR) is 67.2 cm³/mol. The Morgan fingerprint density at radius 1 is 1.41 bits per heavy atom. The second kappa shape index (κ2) is 5.64. The summed E-state index contributed by atoms with van der Waals surface area (Å²) in [5.41, 5.74) is 1.04. The molecule has 0 aromatic heterocycles. The highest BCUT2D eigenvalue weighted by Crippen LogP contribution is 2.18. The van der Waals surface area contributed by atoms with Crippen LogP contribution in [0.1, 0.15) is 18.4 Å². The van der Waals surface area contributed by atoms with Gasteiger partial charge in [-0.25, -0.2) is 0 Å². The van der Waals surface area contributed by atoms with Crippen LogP contribution in [0.2, 0.25) is 0 Å². The number of hydrogen-bond donors (Lipinski definition) is 0. The van der Waals surface area contributed by atoms with Crippen LogP contribution in [0.25, 0.3) is 6.08 Å². The molecule has 0 radical (unpaired) electrons. The van der Waals surface area contributed by atoms with E-state index < -0.39 is 0 Å². The number of amides is 1. The number of nitrogens with zero attached hydrogens (tertiary/aromatic N) is 1. The normalized spacial score (nSPS) is 20.1. The molecule has 3 nitrogen and oxygen atoms in total. The van der Waals surface area contributed by atoms with Gasteiger partial charge in [-0.2, -0.15) is 0 Å². The van der Waals surface area contributed by atoms with Gasteiger partial charge in [0.05, 0.1) is 0 Å². The van der Waals surface area contributed by atoms with E-state index in [1.165, 1.54) is 0 Å². The maximum Gasteiger partial charge on any atom is 0.248 e. The standard InChI is InChI=1S/C14H17NO2/c1-17-14-8-5-11-15(14)13(16)10-9-12-6-3-2-4-7-12/h2-4,6-7,9-10,14H,5,8,11H2,1H3/b10-9+. The van der Waals surface area contributed by atoms with Crippen molar-refractivity contribution in [2.45, 2.75) is 19.1 Å². The lowest BCUT2D eigenvalue weighted by Gasteiger charge is -2.21. The summed E-state index contributed by atoms with van der Waals surface area (Å²) in [6, 6.07) is 9.82. The van der Waals surface area contributed by atoms with Crippen LogP contribution < -0.4 is 0 Å².